The fourth-order valence-corrected chi connectivity index (χ4v) is 2.57. The van der Waals surface area contributed by atoms with Gasteiger partial charge in [0.25, 0.3) is 0 Å². The number of rotatable bonds is 8. The van der Waals surface area contributed by atoms with Gasteiger partial charge in [-0.1, -0.05) is 18.2 Å². The molecular formula is C19H18F5N3O2. The quantitative estimate of drug-likeness (QED) is 0.231. The third-order valence-corrected chi connectivity index (χ3v) is 3.84. The van der Waals surface area contributed by atoms with E-state index in [0.717, 1.165) is 17.0 Å². The molecule has 5 nitrogen and oxygen atoms in total. The van der Waals surface area contributed by atoms with Gasteiger partial charge in [-0.05, 0) is 30.3 Å². The summed E-state index contributed by atoms with van der Waals surface area (Å²) in [7, 11) is 1.38. The van der Waals surface area contributed by atoms with Crippen LogP contribution in [0, 0.1) is 0 Å². The molecule has 2 aromatic rings. The predicted octanol–water partition coefficient (Wildman–Crippen LogP) is 4.21. The molecule has 0 aliphatic carbocycles. The third kappa shape index (κ3) is 5.98. The lowest BCUT2D eigenvalue weighted by Gasteiger charge is -2.23. The zero-order valence-electron chi connectivity index (χ0n) is 15.3. The number of alkyl halides is 5. The number of hydrogen-bond acceptors (Lipinski definition) is 3. The number of carbonyl (C=O) groups excluding carboxylic acids is 1. The average Bonchev–Trinajstić information content (AvgIpc) is 2.69. The van der Waals surface area contributed by atoms with Crippen LogP contribution in [0.25, 0.3) is 0 Å². The topological polar surface area (TPSA) is 53.9 Å². The Labute approximate surface area is 163 Å². The van der Waals surface area contributed by atoms with Crippen molar-refractivity contribution < 1.29 is 31.5 Å². The van der Waals surface area contributed by atoms with E-state index < -0.39 is 18.4 Å². The van der Waals surface area contributed by atoms with Crippen molar-refractivity contribution in [2.45, 2.75) is 12.8 Å². The number of anilines is 2. The number of nitrogens with zero attached hydrogens (tertiary/aromatic N) is 2. The van der Waals surface area contributed by atoms with Gasteiger partial charge < -0.3 is 10.1 Å². The molecule has 29 heavy (non-hydrogen) atoms. The molecule has 0 fully saturated rings. The Morgan fingerprint density at radius 1 is 1.21 bits per heavy atom. The van der Waals surface area contributed by atoms with E-state index in [1.54, 1.807) is 30.3 Å². The monoisotopic (exact) mass is 415 g/mol. The molecule has 2 rings (SSSR count). The molecule has 2 aromatic carbocycles. The van der Waals surface area contributed by atoms with Crippen LogP contribution in [0.1, 0.15) is 11.1 Å². The second-order valence-corrected chi connectivity index (χ2v) is 5.67. The SMILES string of the molecule is C/N=C(/NCCOC(F)F)c1ccc(C(F)(F)F)cc1N(C=O)c1ccccc1. The zero-order chi connectivity index (χ0) is 21.4. The number of amidine groups is 1. The summed E-state index contributed by atoms with van der Waals surface area (Å²) in [6.07, 6.45) is -4.23. The molecule has 0 saturated heterocycles. The van der Waals surface area contributed by atoms with Gasteiger partial charge in [-0.15, -0.1) is 0 Å². The fraction of sp³-hybridized carbons (Fsp3) is 0.263. The minimum atomic E-state index is -4.62. The first-order valence-electron chi connectivity index (χ1n) is 8.39. The first-order chi connectivity index (χ1) is 13.8. The van der Waals surface area contributed by atoms with Crippen LogP contribution in [0.2, 0.25) is 0 Å². The van der Waals surface area contributed by atoms with Gasteiger partial charge in [0.05, 0.1) is 17.9 Å². The van der Waals surface area contributed by atoms with Crippen molar-refractivity contribution in [2.75, 3.05) is 25.1 Å². The average molecular weight is 415 g/mol. The van der Waals surface area contributed by atoms with Crippen molar-refractivity contribution in [3.05, 3.63) is 59.7 Å². The Kier molecular flexibility index (Phi) is 7.66. The second-order valence-electron chi connectivity index (χ2n) is 5.67. The van der Waals surface area contributed by atoms with Crippen LogP contribution in [-0.4, -0.2) is 39.1 Å². The number of hydrogen-bond donors (Lipinski definition) is 1. The van der Waals surface area contributed by atoms with E-state index in [1.807, 2.05) is 0 Å². The lowest BCUT2D eigenvalue weighted by molar-refractivity contribution is -0.137. The van der Waals surface area contributed by atoms with Crippen LogP contribution in [0.5, 0.6) is 0 Å². The van der Waals surface area contributed by atoms with Gasteiger partial charge in [0.1, 0.15) is 5.84 Å². The molecule has 0 atom stereocenters. The first kappa shape index (κ1) is 22.3. The summed E-state index contributed by atoms with van der Waals surface area (Å²) in [6.45, 7) is -3.35. The van der Waals surface area contributed by atoms with E-state index in [2.05, 4.69) is 15.0 Å². The highest BCUT2D eigenvalue weighted by molar-refractivity contribution is 6.06. The Balaban J connectivity index is 2.46. The molecule has 1 amide bonds. The molecule has 0 saturated carbocycles. The zero-order valence-corrected chi connectivity index (χ0v) is 15.3. The highest BCUT2D eigenvalue weighted by atomic mass is 19.4. The fourth-order valence-electron chi connectivity index (χ4n) is 2.57. The molecule has 0 aromatic heterocycles. The summed E-state index contributed by atoms with van der Waals surface area (Å²) in [4.78, 5) is 16.8. The van der Waals surface area contributed by atoms with Gasteiger partial charge in [0.2, 0.25) is 6.41 Å². The second kappa shape index (κ2) is 9.97. The number of aliphatic imine (C=N–C) groups is 1. The van der Waals surface area contributed by atoms with E-state index in [0.29, 0.717) is 12.1 Å². The van der Waals surface area contributed by atoms with E-state index in [4.69, 9.17) is 0 Å². The number of benzene rings is 2. The number of amides is 1. The summed E-state index contributed by atoms with van der Waals surface area (Å²) in [5.74, 6) is 0.120. The van der Waals surface area contributed by atoms with Gasteiger partial charge in [-0.25, -0.2) is 0 Å². The number of ether oxygens (including phenoxy) is 1. The van der Waals surface area contributed by atoms with E-state index >= 15 is 0 Å². The summed E-state index contributed by atoms with van der Waals surface area (Å²) < 4.78 is 68.0. The number of halogens is 5. The van der Waals surface area contributed by atoms with Crippen LogP contribution in [0.3, 0.4) is 0 Å². The molecule has 0 aliphatic rings. The highest BCUT2D eigenvalue weighted by Crippen LogP contribution is 2.35. The van der Waals surface area contributed by atoms with Crippen molar-refractivity contribution >= 4 is 23.6 Å². The molecule has 0 radical (unpaired) electrons. The van der Waals surface area contributed by atoms with Crippen molar-refractivity contribution in [2.24, 2.45) is 4.99 Å². The van der Waals surface area contributed by atoms with Gasteiger partial charge in [0.15, 0.2) is 0 Å². The summed E-state index contributed by atoms with van der Waals surface area (Å²) in [5.41, 5.74) is -0.479. The van der Waals surface area contributed by atoms with Gasteiger partial charge >= 0.3 is 12.8 Å². The van der Waals surface area contributed by atoms with Crippen LogP contribution in [0.4, 0.5) is 33.3 Å². The molecule has 0 heterocycles. The maximum atomic E-state index is 13.2. The maximum Gasteiger partial charge on any atom is 0.416 e. The van der Waals surface area contributed by atoms with Gasteiger partial charge in [0, 0.05) is 24.8 Å². The van der Waals surface area contributed by atoms with Crippen molar-refractivity contribution in [1.29, 1.82) is 0 Å². The lowest BCUT2D eigenvalue weighted by atomic mass is 10.1. The number of para-hydroxylation sites is 1. The van der Waals surface area contributed by atoms with Gasteiger partial charge in [-0.2, -0.15) is 22.0 Å². The van der Waals surface area contributed by atoms with Crippen LogP contribution in [-0.2, 0) is 15.7 Å². The lowest BCUT2D eigenvalue weighted by Crippen LogP contribution is -2.30. The van der Waals surface area contributed by atoms with Crippen LogP contribution < -0.4 is 10.2 Å². The first-order valence-corrected chi connectivity index (χ1v) is 8.39. The van der Waals surface area contributed by atoms with E-state index in [1.165, 1.54) is 13.1 Å². The summed E-state index contributed by atoms with van der Waals surface area (Å²) >= 11 is 0. The van der Waals surface area contributed by atoms with Crippen molar-refractivity contribution in [3.8, 4) is 0 Å². The Hall–Kier alpha value is -3.01. The van der Waals surface area contributed by atoms with Crippen molar-refractivity contribution in [3.63, 3.8) is 0 Å². The molecule has 0 bridgehead atoms. The molecular weight excluding hydrogens is 397 g/mol. The van der Waals surface area contributed by atoms with Crippen LogP contribution in [0.15, 0.2) is 53.5 Å². The molecule has 0 aliphatic heterocycles. The maximum absolute atomic E-state index is 13.2. The van der Waals surface area contributed by atoms with Gasteiger partial charge in [-0.3, -0.25) is 14.7 Å². The minimum absolute atomic E-state index is 0.0656. The molecule has 0 unspecified atom stereocenters. The molecule has 156 valence electrons. The largest absolute Gasteiger partial charge is 0.416 e. The molecule has 1 N–H and O–H groups in total. The van der Waals surface area contributed by atoms with E-state index in [-0.39, 0.29) is 30.2 Å². The third-order valence-electron chi connectivity index (χ3n) is 3.84. The summed E-state index contributed by atoms with van der Waals surface area (Å²) in [6, 6.07) is 10.9. The predicted molar refractivity (Wildman–Crippen MR) is 98.5 cm³/mol. The minimum Gasteiger partial charge on any atom is -0.368 e. The Bertz CT molecular complexity index is 841. The van der Waals surface area contributed by atoms with E-state index in [9.17, 15) is 26.7 Å². The smallest absolute Gasteiger partial charge is 0.368 e. The number of carbonyl (C=O) groups is 1. The molecule has 10 heteroatoms. The Morgan fingerprint density at radius 2 is 1.90 bits per heavy atom. The normalized spacial score (nSPS) is 12.2. The standard InChI is InChI=1S/C19H18F5N3O2/c1-25-17(26-9-10-29-18(20)21)15-8-7-13(19(22,23)24)11-16(15)27(12-28)14-5-3-2-4-6-14/h2-8,11-12,18H,9-10H2,1H3,(H,25,26). The summed E-state index contributed by atoms with van der Waals surface area (Å²) in [5, 5.41) is 2.74. The van der Waals surface area contributed by atoms with Crippen molar-refractivity contribution in [1.82, 2.24) is 5.32 Å². The highest BCUT2D eigenvalue weighted by Gasteiger charge is 2.32. The van der Waals surface area contributed by atoms with Crippen LogP contribution >= 0.6 is 0 Å². The Morgan fingerprint density at radius 3 is 2.45 bits per heavy atom. The number of nitrogens with one attached hydrogen (secondary N) is 1. The molecule has 0 spiro atoms.